The zero-order valence-corrected chi connectivity index (χ0v) is 17.7. The Morgan fingerprint density at radius 1 is 1.00 bits per heavy atom. The first-order valence-corrected chi connectivity index (χ1v) is 11.2. The quantitative estimate of drug-likeness (QED) is 0.588. The molecule has 0 saturated carbocycles. The summed E-state index contributed by atoms with van der Waals surface area (Å²) in [7, 11) is -2.47. The normalized spacial score (nSPS) is 14.3. The first-order chi connectivity index (χ1) is 12.3. The van der Waals surface area contributed by atoms with Gasteiger partial charge in [-0.05, 0) is 28.3 Å². The molecule has 0 spiro atoms. The molecule has 1 N–H and O–H groups in total. The van der Waals surface area contributed by atoms with E-state index in [2.05, 4.69) is 94.4 Å². The number of benzene rings is 2. The standard InChI is InChI=1S/C23H32O2Si/c1-19(17-24)16-20(2)18-25-26(23(3,4)5,21-12-8-6-9-13-21)22-14-10-7-11-15-22/h6-16,20,24H,17-18H2,1-5H3/b19-16+/t20-/m0/s1. The van der Waals surface area contributed by atoms with Crippen LogP contribution in [0.3, 0.4) is 0 Å². The molecule has 0 aliphatic carbocycles. The third-order valence-electron chi connectivity index (χ3n) is 4.80. The van der Waals surface area contributed by atoms with Crippen molar-refractivity contribution in [3.63, 3.8) is 0 Å². The topological polar surface area (TPSA) is 29.5 Å². The zero-order valence-electron chi connectivity index (χ0n) is 16.7. The molecule has 2 nitrogen and oxygen atoms in total. The summed E-state index contributed by atoms with van der Waals surface area (Å²) < 4.78 is 6.89. The second-order valence-electron chi connectivity index (χ2n) is 8.12. The smallest absolute Gasteiger partial charge is 0.261 e. The van der Waals surface area contributed by atoms with Gasteiger partial charge in [-0.1, -0.05) is 100 Å². The SMILES string of the molecule is C/C(=C\[C@H](C)CO[Si](c1ccccc1)(c1ccccc1)C(C)(C)C)CO. The Labute approximate surface area is 159 Å². The molecule has 0 amide bonds. The lowest BCUT2D eigenvalue weighted by Crippen LogP contribution is -2.66. The third-order valence-corrected chi connectivity index (χ3v) is 9.80. The van der Waals surface area contributed by atoms with Crippen LogP contribution in [0.25, 0.3) is 0 Å². The predicted molar refractivity (Wildman–Crippen MR) is 114 cm³/mol. The summed E-state index contributed by atoms with van der Waals surface area (Å²) in [5.41, 5.74) is 0.989. The van der Waals surface area contributed by atoms with Crippen molar-refractivity contribution < 1.29 is 9.53 Å². The third kappa shape index (κ3) is 4.53. The first kappa shape index (κ1) is 20.6. The maximum atomic E-state index is 9.30. The summed E-state index contributed by atoms with van der Waals surface area (Å²) in [5, 5.41) is 11.9. The van der Waals surface area contributed by atoms with Crippen LogP contribution < -0.4 is 10.4 Å². The van der Waals surface area contributed by atoms with Crippen molar-refractivity contribution in [2.45, 2.75) is 39.7 Å². The molecule has 2 aromatic carbocycles. The predicted octanol–water partition coefficient (Wildman–Crippen LogP) is 4.14. The maximum Gasteiger partial charge on any atom is 0.261 e. The number of rotatable bonds is 7. The summed E-state index contributed by atoms with van der Waals surface area (Å²) in [5.74, 6) is 0.254. The molecule has 140 valence electrons. The molecule has 1 atom stereocenters. The van der Waals surface area contributed by atoms with Gasteiger partial charge in [0.2, 0.25) is 0 Å². The van der Waals surface area contributed by atoms with Crippen LogP contribution in [0.5, 0.6) is 0 Å². The van der Waals surface area contributed by atoms with Crippen molar-refractivity contribution in [1.29, 1.82) is 0 Å². The zero-order chi connectivity index (χ0) is 19.2. The van der Waals surface area contributed by atoms with Gasteiger partial charge < -0.3 is 9.53 Å². The van der Waals surface area contributed by atoms with Gasteiger partial charge in [-0.3, -0.25) is 0 Å². The van der Waals surface area contributed by atoms with E-state index in [1.165, 1.54) is 10.4 Å². The molecule has 0 bridgehead atoms. The van der Waals surface area contributed by atoms with Gasteiger partial charge >= 0.3 is 0 Å². The van der Waals surface area contributed by atoms with E-state index in [-0.39, 0.29) is 17.6 Å². The van der Waals surface area contributed by atoms with E-state index < -0.39 is 8.32 Å². The van der Waals surface area contributed by atoms with Crippen LogP contribution in [-0.4, -0.2) is 26.6 Å². The van der Waals surface area contributed by atoms with Crippen molar-refractivity contribution in [2.24, 2.45) is 5.92 Å². The van der Waals surface area contributed by atoms with Gasteiger partial charge in [0.15, 0.2) is 0 Å². The minimum absolute atomic E-state index is 0.00877. The Morgan fingerprint density at radius 2 is 1.46 bits per heavy atom. The molecule has 0 radical (unpaired) electrons. The molecule has 0 aromatic heterocycles. The molecule has 0 heterocycles. The van der Waals surface area contributed by atoms with Gasteiger partial charge in [-0.25, -0.2) is 0 Å². The average molecular weight is 369 g/mol. The fourth-order valence-electron chi connectivity index (χ4n) is 3.60. The van der Waals surface area contributed by atoms with Crippen molar-refractivity contribution in [2.75, 3.05) is 13.2 Å². The minimum atomic E-state index is -2.47. The van der Waals surface area contributed by atoms with Gasteiger partial charge in [0.1, 0.15) is 0 Å². The second-order valence-corrected chi connectivity index (χ2v) is 12.4. The molecule has 2 aromatic rings. The summed E-state index contributed by atoms with van der Waals surface area (Å²) in [6, 6.07) is 21.4. The van der Waals surface area contributed by atoms with Gasteiger partial charge in [-0.15, -0.1) is 0 Å². The summed E-state index contributed by atoms with van der Waals surface area (Å²) in [4.78, 5) is 0. The highest BCUT2D eigenvalue weighted by Crippen LogP contribution is 2.37. The lowest BCUT2D eigenvalue weighted by molar-refractivity contribution is 0.266. The molecule has 0 saturated heterocycles. The van der Waals surface area contributed by atoms with Gasteiger partial charge in [0, 0.05) is 6.61 Å². The van der Waals surface area contributed by atoms with E-state index in [9.17, 15) is 5.11 Å². The van der Waals surface area contributed by atoms with E-state index in [0.29, 0.717) is 6.61 Å². The lowest BCUT2D eigenvalue weighted by atomic mass is 10.1. The van der Waals surface area contributed by atoms with E-state index in [1.807, 2.05) is 6.92 Å². The Hall–Kier alpha value is -1.68. The molecule has 0 fully saturated rings. The fourth-order valence-corrected chi connectivity index (χ4v) is 8.27. The molecule has 0 aliphatic heterocycles. The fraction of sp³-hybridized carbons (Fsp3) is 0.391. The van der Waals surface area contributed by atoms with Crippen LogP contribution in [0, 0.1) is 5.92 Å². The average Bonchev–Trinajstić information content (AvgIpc) is 2.62. The number of hydrogen-bond donors (Lipinski definition) is 1. The molecule has 26 heavy (non-hydrogen) atoms. The van der Waals surface area contributed by atoms with Crippen molar-refractivity contribution in [1.82, 2.24) is 0 Å². The van der Waals surface area contributed by atoms with Crippen LogP contribution in [0.2, 0.25) is 5.04 Å². The molecule has 3 heteroatoms. The molecule has 0 unspecified atom stereocenters. The van der Waals surface area contributed by atoms with E-state index in [0.717, 1.165) is 5.57 Å². The largest absolute Gasteiger partial charge is 0.407 e. The van der Waals surface area contributed by atoms with Crippen LogP contribution >= 0.6 is 0 Å². The van der Waals surface area contributed by atoms with Gasteiger partial charge in [0.25, 0.3) is 8.32 Å². The second kappa shape index (κ2) is 8.80. The first-order valence-electron chi connectivity index (χ1n) is 9.34. The monoisotopic (exact) mass is 368 g/mol. The Balaban J connectivity index is 2.51. The molecule has 2 rings (SSSR count). The summed E-state index contributed by atoms with van der Waals surface area (Å²) in [6.45, 7) is 11.7. The highest BCUT2D eigenvalue weighted by atomic mass is 28.4. The molecule has 0 aliphatic rings. The number of aliphatic hydroxyl groups excluding tert-OH is 1. The lowest BCUT2D eigenvalue weighted by Gasteiger charge is -2.43. The van der Waals surface area contributed by atoms with Gasteiger partial charge in [0.05, 0.1) is 6.61 Å². The molecular formula is C23H32O2Si. The Kier molecular flexibility index (Phi) is 6.99. The van der Waals surface area contributed by atoms with Crippen LogP contribution in [-0.2, 0) is 4.43 Å². The van der Waals surface area contributed by atoms with Crippen LogP contribution in [0.1, 0.15) is 34.6 Å². The van der Waals surface area contributed by atoms with Gasteiger partial charge in [-0.2, -0.15) is 0 Å². The Morgan fingerprint density at radius 3 is 1.85 bits per heavy atom. The summed E-state index contributed by atoms with van der Waals surface area (Å²) in [6.07, 6.45) is 2.11. The van der Waals surface area contributed by atoms with Crippen molar-refractivity contribution in [3.8, 4) is 0 Å². The number of hydrogen-bond acceptors (Lipinski definition) is 2. The van der Waals surface area contributed by atoms with Crippen LogP contribution in [0.4, 0.5) is 0 Å². The number of aliphatic hydroxyl groups is 1. The summed E-state index contributed by atoms with van der Waals surface area (Å²) >= 11 is 0. The van der Waals surface area contributed by atoms with E-state index in [4.69, 9.17) is 4.43 Å². The van der Waals surface area contributed by atoms with E-state index >= 15 is 0 Å². The van der Waals surface area contributed by atoms with Crippen molar-refractivity contribution >= 4 is 18.7 Å². The maximum absolute atomic E-state index is 9.30. The highest BCUT2D eigenvalue weighted by Gasteiger charge is 2.50. The molecular weight excluding hydrogens is 336 g/mol. The van der Waals surface area contributed by atoms with Crippen LogP contribution in [0.15, 0.2) is 72.3 Å². The van der Waals surface area contributed by atoms with E-state index in [1.54, 1.807) is 0 Å². The highest BCUT2D eigenvalue weighted by molar-refractivity contribution is 6.99. The van der Waals surface area contributed by atoms with Crippen molar-refractivity contribution in [3.05, 3.63) is 72.3 Å². The minimum Gasteiger partial charge on any atom is -0.407 e. The Bertz CT molecular complexity index is 662.